The molecule has 1 aliphatic carbocycles. The summed E-state index contributed by atoms with van der Waals surface area (Å²) < 4.78 is 0. The van der Waals surface area contributed by atoms with E-state index >= 15 is 0 Å². The minimum absolute atomic E-state index is 0.772. The van der Waals surface area contributed by atoms with Gasteiger partial charge in [0.05, 0.1) is 0 Å². The van der Waals surface area contributed by atoms with Crippen LogP contribution in [-0.2, 0) is 0 Å². The second-order valence-corrected chi connectivity index (χ2v) is 6.89. The highest BCUT2D eigenvalue weighted by molar-refractivity contribution is 4.85. The summed E-state index contributed by atoms with van der Waals surface area (Å²) in [5.74, 6) is 0. The highest BCUT2D eigenvalue weighted by Gasteiger charge is 2.28. The van der Waals surface area contributed by atoms with Crippen LogP contribution in [0.15, 0.2) is 0 Å². The molecular formula is C17H35N3. The van der Waals surface area contributed by atoms with Gasteiger partial charge in [0.15, 0.2) is 0 Å². The fourth-order valence-corrected chi connectivity index (χ4v) is 4.16. The molecule has 0 radical (unpaired) electrons. The number of nitrogens with zero attached hydrogens (tertiary/aromatic N) is 2. The molecule has 1 unspecified atom stereocenters. The molecule has 0 spiro atoms. The van der Waals surface area contributed by atoms with Crippen molar-refractivity contribution in [2.24, 2.45) is 0 Å². The number of hydrogen-bond acceptors (Lipinski definition) is 3. The fourth-order valence-electron chi connectivity index (χ4n) is 4.16. The van der Waals surface area contributed by atoms with Crippen molar-refractivity contribution in [3.05, 3.63) is 0 Å². The van der Waals surface area contributed by atoms with Crippen molar-refractivity contribution in [3.63, 3.8) is 0 Å². The molecular weight excluding hydrogens is 246 g/mol. The van der Waals surface area contributed by atoms with Gasteiger partial charge in [-0.3, -0.25) is 0 Å². The average Bonchev–Trinajstić information content (AvgIpc) is 2.73. The molecule has 0 amide bonds. The van der Waals surface area contributed by atoms with Gasteiger partial charge >= 0.3 is 0 Å². The van der Waals surface area contributed by atoms with E-state index in [1.165, 1.54) is 71.0 Å². The zero-order valence-electron chi connectivity index (χ0n) is 13.9. The number of rotatable bonds is 5. The lowest BCUT2D eigenvalue weighted by Gasteiger charge is -2.39. The molecule has 20 heavy (non-hydrogen) atoms. The van der Waals surface area contributed by atoms with Crippen LogP contribution in [0.25, 0.3) is 0 Å². The summed E-state index contributed by atoms with van der Waals surface area (Å²) in [5, 5.41) is 3.45. The second-order valence-electron chi connectivity index (χ2n) is 6.89. The summed E-state index contributed by atoms with van der Waals surface area (Å²) in [7, 11) is 4.51. The Morgan fingerprint density at radius 3 is 2.35 bits per heavy atom. The largest absolute Gasteiger partial charge is 0.317 e. The van der Waals surface area contributed by atoms with E-state index in [-0.39, 0.29) is 0 Å². The molecule has 1 atom stereocenters. The third kappa shape index (κ3) is 4.44. The van der Waals surface area contributed by atoms with E-state index in [1.807, 2.05) is 0 Å². The first kappa shape index (κ1) is 16.3. The summed E-state index contributed by atoms with van der Waals surface area (Å²) in [6.07, 6.45) is 11.0. The molecule has 2 rings (SSSR count). The molecule has 3 nitrogen and oxygen atoms in total. The van der Waals surface area contributed by atoms with Crippen molar-refractivity contribution in [1.29, 1.82) is 0 Å². The molecule has 0 aromatic rings. The maximum absolute atomic E-state index is 3.45. The maximum Gasteiger partial charge on any atom is 0.0108 e. The van der Waals surface area contributed by atoms with Gasteiger partial charge in [-0.15, -0.1) is 0 Å². The number of hydrogen-bond donors (Lipinski definition) is 1. The van der Waals surface area contributed by atoms with Gasteiger partial charge in [-0.2, -0.15) is 0 Å². The fraction of sp³-hybridized carbons (Fsp3) is 1.00. The van der Waals surface area contributed by atoms with E-state index in [9.17, 15) is 0 Å². The van der Waals surface area contributed by atoms with Gasteiger partial charge < -0.3 is 15.1 Å². The number of likely N-dealkylation sites (tertiary alicyclic amines) is 1. The van der Waals surface area contributed by atoms with Crippen LogP contribution >= 0.6 is 0 Å². The van der Waals surface area contributed by atoms with Crippen molar-refractivity contribution >= 4 is 0 Å². The Bertz CT molecular complexity index is 261. The van der Waals surface area contributed by atoms with Crippen molar-refractivity contribution in [2.45, 2.75) is 76.4 Å². The molecule has 118 valence electrons. The van der Waals surface area contributed by atoms with Crippen LogP contribution < -0.4 is 5.32 Å². The maximum atomic E-state index is 3.45. The van der Waals surface area contributed by atoms with Crippen molar-refractivity contribution in [2.75, 3.05) is 33.7 Å². The quantitative estimate of drug-likeness (QED) is 0.836. The Kier molecular flexibility index (Phi) is 6.79. The summed E-state index contributed by atoms with van der Waals surface area (Å²) in [5.41, 5.74) is 0. The van der Waals surface area contributed by atoms with Crippen LogP contribution in [-0.4, -0.2) is 61.7 Å². The minimum Gasteiger partial charge on any atom is -0.317 e. The molecule has 1 N–H and O–H groups in total. The van der Waals surface area contributed by atoms with Gasteiger partial charge in [0.25, 0.3) is 0 Å². The monoisotopic (exact) mass is 281 g/mol. The van der Waals surface area contributed by atoms with Crippen LogP contribution in [0.1, 0.15) is 58.3 Å². The van der Waals surface area contributed by atoms with Crippen LogP contribution in [0.3, 0.4) is 0 Å². The molecule has 2 fully saturated rings. The van der Waals surface area contributed by atoms with Gasteiger partial charge in [0, 0.05) is 18.1 Å². The van der Waals surface area contributed by atoms with Crippen LogP contribution in [0.4, 0.5) is 0 Å². The topological polar surface area (TPSA) is 18.5 Å². The van der Waals surface area contributed by atoms with E-state index in [0.717, 1.165) is 18.1 Å². The first-order valence-corrected chi connectivity index (χ1v) is 8.86. The molecule has 2 aliphatic rings. The summed E-state index contributed by atoms with van der Waals surface area (Å²) in [6, 6.07) is 2.43. The van der Waals surface area contributed by atoms with Crippen molar-refractivity contribution in [3.8, 4) is 0 Å². The third-order valence-electron chi connectivity index (χ3n) is 5.59. The van der Waals surface area contributed by atoms with E-state index in [0.29, 0.717) is 0 Å². The van der Waals surface area contributed by atoms with Gasteiger partial charge in [-0.1, -0.05) is 6.92 Å². The summed E-state index contributed by atoms with van der Waals surface area (Å²) in [6.45, 7) is 6.23. The zero-order chi connectivity index (χ0) is 14.4. The molecule has 3 heteroatoms. The van der Waals surface area contributed by atoms with E-state index in [1.54, 1.807) is 0 Å². The molecule has 0 bridgehead atoms. The Morgan fingerprint density at radius 2 is 1.70 bits per heavy atom. The smallest absolute Gasteiger partial charge is 0.0108 e. The van der Waals surface area contributed by atoms with Gasteiger partial charge in [0.2, 0.25) is 0 Å². The van der Waals surface area contributed by atoms with Gasteiger partial charge in [-0.25, -0.2) is 0 Å². The molecule has 1 aliphatic heterocycles. The van der Waals surface area contributed by atoms with Crippen LogP contribution in [0, 0.1) is 0 Å². The SMILES string of the molecule is CCCN1CCCC(N(C)C2CCC(NC)CC2)CC1. The average molecular weight is 281 g/mol. The zero-order valence-corrected chi connectivity index (χ0v) is 13.9. The summed E-state index contributed by atoms with van der Waals surface area (Å²) >= 11 is 0. The highest BCUT2D eigenvalue weighted by atomic mass is 15.2. The molecule has 1 saturated carbocycles. The normalized spacial score (nSPS) is 33.3. The minimum atomic E-state index is 0.772. The lowest BCUT2D eigenvalue weighted by Crippen LogP contribution is -2.44. The number of nitrogens with one attached hydrogen (secondary N) is 1. The summed E-state index contributed by atoms with van der Waals surface area (Å²) in [4.78, 5) is 5.41. The lowest BCUT2D eigenvalue weighted by molar-refractivity contribution is 0.117. The Hall–Kier alpha value is -0.120. The van der Waals surface area contributed by atoms with Crippen LogP contribution in [0.2, 0.25) is 0 Å². The second kappa shape index (κ2) is 8.35. The molecule has 1 saturated heterocycles. The standard InChI is InChI=1S/C17H35N3/c1-4-12-20-13-5-6-16(11-14-20)19(3)17-9-7-15(18-2)8-10-17/h15-18H,4-14H2,1-3H3. The van der Waals surface area contributed by atoms with E-state index < -0.39 is 0 Å². The molecule has 0 aromatic carbocycles. The Labute approximate surface area is 126 Å². The van der Waals surface area contributed by atoms with E-state index in [2.05, 4.69) is 36.1 Å². The van der Waals surface area contributed by atoms with E-state index in [4.69, 9.17) is 0 Å². The van der Waals surface area contributed by atoms with Gasteiger partial charge in [0.1, 0.15) is 0 Å². The molecule has 1 heterocycles. The first-order chi connectivity index (χ1) is 9.74. The third-order valence-corrected chi connectivity index (χ3v) is 5.59. The van der Waals surface area contributed by atoms with Crippen LogP contribution in [0.5, 0.6) is 0 Å². The van der Waals surface area contributed by atoms with Crippen molar-refractivity contribution < 1.29 is 0 Å². The Morgan fingerprint density at radius 1 is 1.00 bits per heavy atom. The Balaban J connectivity index is 1.79. The molecule has 0 aromatic heterocycles. The lowest BCUT2D eigenvalue weighted by atomic mass is 9.89. The predicted octanol–water partition coefficient (Wildman–Crippen LogP) is 2.71. The first-order valence-electron chi connectivity index (χ1n) is 8.86. The van der Waals surface area contributed by atoms with Crippen molar-refractivity contribution in [1.82, 2.24) is 15.1 Å². The highest BCUT2D eigenvalue weighted by Crippen LogP contribution is 2.26. The predicted molar refractivity (Wildman–Crippen MR) is 87.2 cm³/mol. The van der Waals surface area contributed by atoms with Gasteiger partial charge in [-0.05, 0) is 85.1 Å².